The largest absolute Gasteiger partial charge is 0.0616 e. The number of fused-ring (bicyclic) bond motifs is 11. The molecule has 5 aliphatic rings. The van der Waals surface area contributed by atoms with E-state index in [-0.39, 0.29) is 0 Å². The van der Waals surface area contributed by atoms with Crippen LogP contribution in [0.1, 0.15) is 131 Å². The topological polar surface area (TPSA) is 0 Å². The molecule has 5 aliphatic carbocycles. The van der Waals surface area contributed by atoms with Crippen molar-refractivity contribution in [2.24, 2.45) is 0 Å². The van der Waals surface area contributed by atoms with Crippen molar-refractivity contribution in [3.05, 3.63) is 193 Å². The molecule has 0 bridgehead atoms. The van der Waals surface area contributed by atoms with Crippen LogP contribution >= 0.6 is 0 Å². The minimum atomic E-state index is 0.674. The van der Waals surface area contributed by atoms with E-state index in [1.165, 1.54) is 256 Å². The van der Waals surface area contributed by atoms with Gasteiger partial charge in [0.25, 0.3) is 0 Å². The van der Waals surface area contributed by atoms with Crippen LogP contribution in [0, 0.1) is 0 Å². The van der Waals surface area contributed by atoms with Gasteiger partial charge in [0.15, 0.2) is 0 Å². The third-order valence-corrected chi connectivity index (χ3v) is 20.1. The quantitative estimate of drug-likeness (QED) is 0.115. The molecule has 76 heavy (non-hydrogen) atoms. The Kier molecular flexibility index (Phi) is 9.76. The molecule has 12 aromatic rings. The molecule has 0 nitrogen and oxygen atoms in total. The average Bonchev–Trinajstić information content (AvgIpc) is 4.06. The molecule has 0 radical (unpaired) electrons. The van der Waals surface area contributed by atoms with Gasteiger partial charge in [-0.1, -0.05) is 228 Å². The predicted octanol–water partition coefficient (Wildman–Crippen LogP) is 22.5. The van der Waals surface area contributed by atoms with Crippen molar-refractivity contribution in [1.82, 2.24) is 0 Å². The van der Waals surface area contributed by atoms with E-state index in [1.54, 1.807) is 0 Å². The lowest BCUT2D eigenvalue weighted by Gasteiger charge is -2.24. The van der Waals surface area contributed by atoms with Gasteiger partial charge >= 0.3 is 0 Å². The molecule has 12 aromatic carbocycles. The Balaban J connectivity index is 0.880. The van der Waals surface area contributed by atoms with Crippen LogP contribution in [0.5, 0.6) is 0 Å². The number of hydrogen-bond acceptors (Lipinski definition) is 0. The highest BCUT2D eigenvalue weighted by Crippen LogP contribution is 2.61. The van der Waals surface area contributed by atoms with E-state index in [4.69, 9.17) is 0 Å². The van der Waals surface area contributed by atoms with Gasteiger partial charge in [0, 0.05) is 0 Å². The zero-order chi connectivity index (χ0) is 49.6. The van der Waals surface area contributed by atoms with Crippen molar-refractivity contribution in [2.75, 3.05) is 0 Å². The van der Waals surface area contributed by atoms with Gasteiger partial charge < -0.3 is 0 Å². The summed E-state index contributed by atoms with van der Waals surface area (Å²) in [6.07, 6.45) is 20.2. The van der Waals surface area contributed by atoms with Crippen molar-refractivity contribution < 1.29 is 0 Å². The minimum absolute atomic E-state index is 0.674. The maximum absolute atomic E-state index is 2.53. The number of benzene rings is 12. The summed E-state index contributed by atoms with van der Waals surface area (Å²) in [7, 11) is 0. The summed E-state index contributed by atoms with van der Waals surface area (Å²) in [5, 5.41) is 16.5. The lowest BCUT2D eigenvalue weighted by molar-refractivity contribution is 0.443. The van der Waals surface area contributed by atoms with Crippen LogP contribution in [-0.2, 0) is 0 Å². The Morgan fingerprint density at radius 2 is 0.553 bits per heavy atom. The molecule has 17 rings (SSSR count). The summed E-state index contributed by atoms with van der Waals surface area (Å²) in [5.41, 5.74) is 23.6. The summed E-state index contributed by atoms with van der Waals surface area (Å²) in [5.74, 6) is 2.05. The first-order chi connectivity index (χ1) is 37.7. The van der Waals surface area contributed by atoms with Gasteiger partial charge in [-0.3, -0.25) is 0 Å². The molecule has 0 amide bonds. The van der Waals surface area contributed by atoms with Crippen LogP contribution < -0.4 is 0 Å². The second kappa shape index (κ2) is 17.0. The Labute approximate surface area is 446 Å². The van der Waals surface area contributed by atoms with Crippen LogP contribution in [0.25, 0.3) is 143 Å². The zero-order valence-corrected chi connectivity index (χ0v) is 43.6. The zero-order valence-electron chi connectivity index (χ0n) is 43.6. The van der Waals surface area contributed by atoms with E-state index < -0.39 is 0 Å². The van der Waals surface area contributed by atoms with Gasteiger partial charge in [0.2, 0.25) is 0 Å². The summed E-state index contributed by atoms with van der Waals surface area (Å²) in [4.78, 5) is 0. The van der Waals surface area contributed by atoms with Crippen molar-refractivity contribution in [3.63, 3.8) is 0 Å². The monoisotopic (exact) mass is 974 g/mol. The Hall–Kier alpha value is -7.54. The molecule has 0 spiro atoms. The Morgan fingerprint density at radius 1 is 0.211 bits per heavy atom. The SMILES string of the molecule is c1ccc2c3c(cc(-c4ccc(C5CCCCC5)cc4)c2c1)-c1ccc2c4ccc5c6c(ccc(c7ccc-3c1c27)c64)-c1c-5c(-c2ccc(C3CCCCC3)cc2)c2ccccc2c1-c1ccc(C2CCCCC2)cc1. The van der Waals surface area contributed by atoms with Gasteiger partial charge in [0.05, 0.1) is 0 Å². The van der Waals surface area contributed by atoms with Crippen LogP contribution in [0.2, 0.25) is 0 Å². The fourth-order valence-electron chi connectivity index (χ4n) is 16.5. The smallest absolute Gasteiger partial charge is 0.000740 e. The van der Waals surface area contributed by atoms with Crippen LogP contribution in [0.4, 0.5) is 0 Å². The third-order valence-electron chi connectivity index (χ3n) is 20.1. The average molecular weight is 975 g/mol. The minimum Gasteiger partial charge on any atom is -0.0616 e. The third kappa shape index (κ3) is 6.31. The van der Waals surface area contributed by atoms with E-state index >= 15 is 0 Å². The van der Waals surface area contributed by atoms with Gasteiger partial charge in [0.1, 0.15) is 0 Å². The molecule has 0 saturated heterocycles. The molecule has 0 unspecified atom stereocenters. The summed E-state index contributed by atoms with van der Waals surface area (Å²) in [6.45, 7) is 0. The standard InChI is InChI=1S/C76H62/c1-4-14-45(15-5-1)48-24-30-51(31-25-48)66-44-67-62-37-36-58-60-39-42-64-74-65(43-40-61(72(60)74)59-38-41-63(73(62)71(58)59)70(67)55-21-11-10-20-54(55)66)76-69(53-34-28-50(29-35-53)47-18-8-3-9-19-47)57-23-13-12-22-56(57)68(75(64)76)52-32-26-49(27-33-52)46-16-6-2-7-17-46/h10-13,20-47H,1-9,14-19H2. The lowest BCUT2D eigenvalue weighted by atomic mass is 9.80. The molecule has 0 atom stereocenters. The van der Waals surface area contributed by atoms with E-state index in [0.29, 0.717) is 17.8 Å². The fourth-order valence-corrected chi connectivity index (χ4v) is 16.5. The predicted molar refractivity (Wildman–Crippen MR) is 325 cm³/mol. The Morgan fingerprint density at radius 3 is 0.974 bits per heavy atom. The summed E-state index contributed by atoms with van der Waals surface area (Å²) >= 11 is 0. The molecular weight excluding hydrogens is 913 g/mol. The molecule has 0 heteroatoms. The molecule has 3 saturated carbocycles. The van der Waals surface area contributed by atoms with E-state index in [0.717, 1.165) is 0 Å². The van der Waals surface area contributed by atoms with E-state index in [1.807, 2.05) is 0 Å². The normalized spacial score (nSPS) is 16.8. The van der Waals surface area contributed by atoms with Gasteiger partial charge in [-0.05, 0) is 222 Å². The molecule has 0 aromatic heterocycles. The lowest BCUT2D eigenvalue weighted by Crippen LogP contribution is -2.04. The summed E-state index contributed by atoms with van der Waals surface area (Å²) < 4.78 is 0. The van der Waals surface area contributed by atoms with E-state index in [2.05, 4.69) is 176 Å². The molecule has 0 aliphatic heterocycles. The first kappa shape index (κ1) is 43.7. The second-order valence-electron chi connectivity index (χ2n) is 24.0. The van der Waals surface area contributed by atoms with Crippen molar-refractivity contribution >= 4 is 64.6 Å². The molecule has 0 heterocycles. The maximum Gasteiger partial charge on any atom is -0.000740 e. The molecule has 366 valence electrons. The highest BCUT2D eigenvalue weighted by molar-refractivity contribution is 6.42. The Bertz CT molecular complexity index is 4180. The van der Waals surface area contributed by atoms with Gasteiger partial charge in [-0.15, -0.1) is 0 Å². The highest BCUT2D eigenvalue weighted by Gasteiger charge is 2.34. The number of rotatable bonds is 6. The van der Waals surface area contributed by atoms with Crippen LogP contribution in [0.15, 0.2) is 176 Å². The van der Waals surface area contributed by atoms with Crippen molar-refractivity contribution in [1.29, 1.82) is 0 Å². The van der Waals surface area contributed by atoms with Gasteiger partial charge in [-0.2, -0.15) is 0 Å². The highest BCUT2D eigenvalue weighted by atomic mass is 14.4. The van der Waals surface area contributed by atoms with Crippen LogP contribution in [-0.4, -0.2) is 0 Å². The van der Waals surface area contributed by atoms with Gasteiger partial charge in [-0.25, -0.2) is 0 Å². The van der Waals surface area contributed by atoms with E-state index in [9.17, 15) is 0 Å². The second-order valence-corrected chi connectivity index (χ2v) is 24.0. The summed E-state index contributed by atoms with van der Waals surface area (Å²) in [6, 6.07) is 70.5. The molecule has 3 fully saturated rings. The number of hydrogen-bond donors (Lipinski definition) is 0. The van der Waals surface area contributed by atoms with Crippen molar-refractivity contribution in [3.8, 4) is 77.9 Å². The molecular formula is C76H62. The first-order valence-electron chi connectivity index (χ1n) is 29.4. The maximum atomic E-state index is 2.53. The first-order valence-corrected chi connectivity index (χ1v) is 29.4. The molecule has 0 N–H and O–H groups in total. The fraction of sp³-hybridized carbons (Fsp3) is 0.237. The van der Waals surface area contributed by atoms with Crippen molar-refractivity contribution in [2.45, 2.75) is 114 Å². The van der Waals surface area contributed by atoms with Crippen LogP contribution in [0.3, 0.4) is 0 Å².